The molecule has 0 bridgehead atoms. The first kappa shape index (κ1) is 14.0. The lowest BCUT2D eigenvalue weighted by Gasteiger charge is -2.13. The first-order chi connectivity index (χ1) is 8.97. The van der Waals surface area contributed by atoms with Crippen molar-refractivity contribution >= 4 is 34.9 Å². The van der Waals surface area contributed by atoms with Crippen molar-refractivity contribution in [2.75, 3.05) is 12.3 Å². The number of hydrogen-bond donors (Lipinski definition) is 1. The van der Waals surface area contributed by atoms with Gasteiger partial charge < -0.3 is 10.5 Å². The van der Waals surface area contributed by atoms with Crippen LogP contribution in [0.2, 0.25) is 10.0 Å². The quantitative estimate of drug-likeness (QED) is 0.682. The number of nitriles is 1. The molecule has 19 heavy (non-hydrogen) atoms. The lowest BCUT2D eigenvalue weighted by Crippen LogP contribution is -2.15. The predicted octanol–water partition coefficient (Wildman–Crippen LogP) is 3.43. The Bertz CT molecular complexity index is 562. The third-order valence-corrected chi connectivity index (χ3v) is 3.99. The minimum absolute atomic E-state index is 0.131. The Morgan fingerprint density at radius 2 is 2.16 bits per heavy atom. The highest BCUT2D eigenvalue weighted by atomic mass is 35.5. The third kappa shape index (κ3) is 3.12. The molecule has 1 aromatic carbocycles. The van der Waals surface area contributed by atoms with Gasteiger partial charge in [0.05, 0.1) is 28.3 Å². The first-order valence-corrected chi connectivity index (χ1v) is 6.52. The van der Waals surface area contributed by atoms with E-state index in [4.69, 9.17) is 38.9 Å². The van der Waals surface area contributed by atoms with Crippen LogP contribution >= 0.6 is 23.2 Å². The molecular formula is C13H12Cl2N2O2. The Morgan fingerprint density at radius 3 is 2.74 bits per heavy atom. The van der Waals surface area contributed by atoms with Crippen LogP contribution in [0.25, 0.3) is 0 Å². The highest BCUT2D eigenvalue weighted by Gasteiger charge is 2.43. The van der Waals surface area contributed by atoms with Crippen molar-refractivity contribution < 1.29 is 9.53 Å². The molecule has 1 aliphatic carbocycles. The van der Waals surface area contributed by atoms with Gasteiger partial charge in [-0.25, -0.2) is 4.79 Å². The van der Waals surface area contributed by atoms with E-state index in [0.717, 1.165) is 12.8 Å². The monoisotopic (exact) mass is 298 g/mol. The summed E-state index contributed by atoms with van der Waals surface area (Å²) in [5.41, 5.74) is 5.95. The molecule has 1 aliphatic rings. The van der Waals surface area contributed by atoms with Crippen LogP contribution < -0.4 is 5.73 Å². The van der Waals surface area contributed by atoms with Gasteiger partial charge in [0.25, 0.3) is 0 Å². The molecule has 0 radical (unpaired) electrons. The van der Waals surface area contributed by atoms with Gasteiger partial charge in [0.2, 0.25) is 0 Å². The van der Waals surface area contributed by atoms with E-state index < -0.39 is 5.97 Å². The molecule has 1 saturated carbocycles. The zero-order chi connectivity index (χ0) is 14.0. The molecule has 0 atom stereocenters. The summed E-state index contributed by atoms with van der Waals surface area (Å²) < 4.78 is 5.21. The van der Waals surface area contributed by atoms with Crippen LogP contribution in [0.1, 0.15) is 29.6 Å². The largest absolute Gasteiger partial charge is 0.461 e. The van der Waals surface area contributed by atoms with E-state index in [1.165, 1.54) is 12.1 Å². The summed E-state index contributed by atoms with van der Waals surface area (Å²) in [7, 11) is 0. The van der Waals surface area contributed by atoms with Crippen LogP contribution in [0.15, 0.2) is 12.1 Å². The molecule has 0 aliphatic heterocycles. The number of nitrogens with zero attached hydrogens (tertiary/aromatic N) is 1. The number of esters is 1. The van der Waals surface area contributed by atoms with E-state index in [2.05, 4.69) is 6.07 Å². The number of halogens is 2. The van der Waals surface area contributed by atoms with Gasteiger partial charge in [-0.05, 0) is 25.0 Å². The predicted molar refractivity (Wildman–Crippen MR) is 73.1 cm³/mol. The zero-order valence-corrected chi connectivity index (χ0v) is 11.6. The summed E-state index contributed by atoms with van der Waals surface area (Å²) >= 11 is 11.8. The summed E-state index contributed by atoms with van der Waals surface area (Å²) in [5.74, 6) is -0.566. The fraction of sp³-hybridized carbons (Fsp3) is 0.385. The number of ether oxygens (including phenoxy) is 1. The second-order valence-corrected chi connectivity index (χ2v) is 5.56. The van der Waals surface area contributed by atoms with Crippen molar-refractivity contribution in [2.45, 2.75) is 19.3 Å². The van der Waals surface area contributed by atoms with Crippen molar-refractivity contribution in [3.63, 3.8) is 0 Å². The molecule has 0 aromatic heterocycles. The highest BCUT2D eigenvalue weighted by molar-refractivity contribution is 6.44. The van der Waals surface area contributed by atoms with Gasteiger partial charge in [-0.1, -0.05) is 23.2 Å². The molecule has 2 rings (SSSR count). The Hall–Kier alpha value is -1.44. The Balaban J connectivity index is 2.07. The summed E-state index contributed by atoms with van der Waals surface area (Å²) in [4.78, 5) is 11.9. The number of rotatable bonds is 4. The average molecular weight is 299 g/mol. The second kappa shape index (κ2) is 5.28. The standard InChI is InChI=1S/C13H12Cl2N2O2/c14-10-6-8(17)5-9(11(10)15)12(18)19-7-13(1-2-13)3-4-16/h5-6H,1-3,7,17H2. The lowest BCUT2D eigenvalue weighted by molar-refractivity contribution is 0.0419. The first-order valence-electron chi connectivity index (χ1n) is 5.76. The lowest BCUT2D eigenvalue weighted by atomic mass is 10.1. The van der Waals surface area contributed by atoms with Crippen LogP contribution in [0.3, 0.4) is 0 Å². The molecule has 4 nitrogen and oxygen atoms in total. The maximum Gasteiger partial charge on any atom is 0.339 e. The molecule has 1 aromatic rings. The van der Waals surface area contributed by atoms with Crippen LogP contribution in [0.5, 0.6) is 0 Å². The van der Waals surface area contributed by atoms with E-state index >= 15 is 0 Å². The van der Waals surface area contributed by atoms with Crippen molar-refractivity contribution in [1.29, 1.82) is 5.26 Å². The fourth-order valence-electron chi connectivity index (χ4n) is 1.77. The summed E-state index contributed by atoms with van der Waals surface area (Å²) in [5, 5.41) is 9.04. The molecule has 0 amide bonds. The van der Waals surface area contributed by atoms with E-state index in [1.807, 2.05) is 0 Å². The fourth-order valence-corrected chi connectivity index (χ4v) is 2.19. The van der Waals surface area contributed by atoms with Crippen molar-refractivity contribution in [1.82, 2.24) is 0 Å². The molecule has 0 heterocycles. The van der Waals surface area contributed by atoms with Gasteiger partial charge in [-0.3, -0.25) is 0 Å². The summed E-state index contributed by atoms with van der Waals surface area (Å²) in [6.45, 7) is 0.224. The van der Waals surface area contributed by atoms with E-state index in [0.29, 0.717) is 12.1 Å². The molecule has 100 valence electrons. The van der Waals surface area contributed by atoms with Crippen LogP contribution in [-0.2, 0) is 4.74 Å². The minimum atomic E-state index is -0.566. The smallest absolute Gasteiger partial charge is 0.339 e. The van der Waals surface area contributed by atoms with Crippen LogP contribution in [0.4, 0.5) is 5.69 Å². The summed E-state index contributed by atoms with van der Waals surface area (Å²) in [6.07, 6.45) is 2.20. The van der Waals surface area contributed by atoms with Gasteiger partial charge in [0.1, 0.15) is 0 Å². The third-order valence-electron chi connectivity index (χ3n) is 3.19. The van der Waals surface area contributed by atoms with Gasteiger partial charge in [-0.15, -0.1) is 0 Å². The van der Waals surface area contributed by atoms with Gasteiger partial charge in [0.15, 0.2) is 0 Å². The maximum atomic E-state index is 11.9. The molecule has 0 saturated heterocycles. The van der Waals surface area contributed by atoms with Crippen molar-refractivity contribution in [3.05, 3.63) is 27.7 Å². The number of anilines is 1. The van der Waals surface area contributed by atoms with Crippen molar-refractivity contribution in [2.24, 2.45) is 5.41 Å². The van der Waals surface area contributed by atoms with Crippen LogP contribution in [-0.4, -0.2) is 12.6 Å². The molecule has 0 unspecified atom stereocenters. The number of nitrogen functional groups attached to an aromatic ring is 1. The minimum Gasteiger partial charge on any atom is -0.461 e. The molecule has 6 heteroatoms. The Morgan fingerprint density at radius 1 is 1.47 bits per heavy atom. The number of carbonyl (C=O) groups excluding carboxylic acids is 1. The zero-order valence-electron chi connectivity index (χ0n) is 10.1. The highest BCUT2D eigenvalue weighted by Crippen LogP contribution is 2.48. The van der Waals surface area contributed by atoms with E-state index in [1.54, 1.807) is 0 Å². The van der Waals surface area contributed by atoms with Crippen molar-refractivity contribution in [3.8, 4) is 6.07 Å². The maximum absolute atomic E-state index is 11.9. The van der Waals surface area contributed by atoms with Gasteiger partial charge in [0, 0.05) is 17.5 Å². The SMILES string of the molecule is N#CCC1(COC(=O)c2cc(N)cc(Cl)c2Cl)CC1. The van der Waals surface area contributed by atoms with Gasteiger partial charge in [-0.2, -0.15) is 5.26 Å². The number of benzene rings is 1. The number of nitrogens with two attached hydrogens (primary N) is 1. The molecule has 1 fully saturated rings. The van der Waals surface area contributed by atoms with E-state index in [-0.39, 0.29) is 27.6 Å². The number of hydrogen-bond acceptors (Lipinski definition) is 4. The molecule has 2 N–H and O–H groups in total. The Kier molecular flexibility index (Phi) is 3.88. The van der Waals surface area contributed by atoms with E-state index in [9.17, 15) is 4.79 Å². The molecule has 0 spiro atoms. The number of carbonyl (C=O) groups is 1. The topological polar surface area (TPSA) is 76.1 Å². The normalized spacial score (nSPS) is 15.6. The average Bonchev–Trinajstić information content (AvgIpc) is 3.12. The summed E-state index contributed by atoms with van der Waals surface area (Å²) in [6, 6.07) is 5.01. The second-order valence-electron chi connectivity index (χ2n) is 4.78. The Labute approximate surface area is 121 Å². The van der Waals surface area contributed by atoms with Gasteiger partial charge >= 0.3 is 5.97 Å². The van der Waals surface area contributed by atoms with Crippen LogP contribution in [0, 0.1) is 16.7 Å². The molecular weight excluding hydrogens is 287 g/mol.